The Kier molecular flexibility index (Phi) is 3.59. The van der Waals surface area contributed by atoms with Gasteiger partial charge in [0.2, 0.25) is 0 Å². The van der Waals surface area contributed by atoms with Crippen molar-refractivity contribution < 1.29 is 4.52 Å². The molecule has 0 atom stereocenters. The minimum Gasteiger partial charge on any atom is -0.359 e. The van der Waals surface area contributed by atoms with E-state index in [1.807, 2.05) is 18.2 Å². The van der Waals surface area contributed by atoms with Crippen molar-refractivity contribution in [3.05, 3.63) is 75.7 Å². The molecule has 0 unspecified atom stereocenters. The van der Waals surface area contributed by atoms with Crippen molar-refractivity contribution in [3.8, 4) is 11.3 Å². The number of rotatable bonds is 3. The van der Waals surface area contributed by atoms with Gasteiger partial charge in [0, 0.05) is 16.7 Å². The van der Waals surface area contributed by atoms with Crippen LogP contribution in [-0.4, -0.2) is 20.2 Å². The topological polar surface area (TPSA) is 73.8 Å². The van der Waals surface area contributed by atoms with Crippen LogP contribution in [0.25, 0.3) is 22.2 Å². The summed E-state index contributed by atoms with van der Waals surface area (Å²) < 4.78 is 6.57. The molecule has 0 saturated carbocycles. The summed E-state index contributed by atoms with van der Waals surface area (Å²) in [6.45, 7) is 0.164. The fourth-order valence-electron chi connectivity index (χ4n) is 2.42. The Hall–Kier alpha value is -2.99. The summed E-state index contributed by atoms with van der Waals surface area (Å²) in [5.41, 5.74) is 1.90. The van der Waals surface area contributed by atoms with Crippen LogP contribution < -0.4 is 5.56 Å². The molecule has 0 amide bonds. The van der Waals surface area contributed by atoms with Gasteiger partial charge in [0.05, 0.1) is 5.39 Å². The van der Waals surface area contributed by atoms with Crippen molar-refractivity contribution >= 4 is 22.5 Å². The van der Waals surface area contributed by atoms with E-state index in [4.69, 9.17) is 16.1 Å². The van der Waals surface area contributed by atoms with Gasteiger partial charge in [0.25, 0.3) is 5.56 Å². The third kappa shape index (κ3) is 2.68. The van der Waals surface area contributed by atoms with E-state index in [0.29, 0.717) is 27.4 Å². The molecule has 6 nitrogen and oxygen atoms in total. The van der Waals surface area contributed by atoms with Crippen molar-refractivity contribution in [1.29, 1.82) is 0 Å². The van der Waals surface area contributed by atoms with Gasteiger partial charge in [-0.2, -0.15) is 0 Å². The van der Waals surface area contributed by atoms with Crippen molar-refractivity contribution in [2.24, 2.45) is 0 Å². The summed E-state index contributed by atoms with van der Waals surface area (Å²) in [6, 6.07) is 16.1. The van der Waals surface area contributed by atoms with E-state index in [9.17, 15) is 4.79 Å². The van der Waals surface area contributed by atoms with Gasteiger partial charge in [0.15, 0.2) is 5.76 Å². The molecule has 0 aliphatic heterocycles. The van der Waals surface area contributed by atoms with E-state index in [2.05, 4.69) is 15.5 Å². The maximum atomic E-state index is 12.4. The zero-order valence-corrected chi connectivity index (χ0v) is 13.1. The first-order valence-electron chi connectivity index (χ1n) is 7.25. The van der Waals surface area contributed by atoms with E-state index in [-0.39, 0.29) is 12.1 Å². The summed E-state index contributed by atoms with van der Waals surface area (Å²) in [7, 11) is 0. The highest BCUT2D eigenvalue weighted by molar-refractivity contribution is 6.30. The first-order chi connectivity index (χ1) is 11.7. The largest absolute Gasteiger partial charge is 0.359 e. The van der Waals surface area contributed by atoms with Gasteiger partial charge in [-0.3, -0.25) is 4.79 Å². The molecule has 2 heterocycles. The van der Waals surface area contributed by atoms with Crippen molar-refractivity contribution in [2.75, 3.05) is 0 Å². The average molecular weight is 339 g/mol. The fourth-order valence-corrected chi connectivity index (χ4v) is 2.54. The fraction of sp³-hybridized carbons (Fsp3) is 0.0588. The van der Waals surface area contributed by atoms with Gasteiger partial charge in [-0.05, 0) is 24.3 Å². The second-order valence-electron chi connectivity index (χ2n) is 5.25. The average Bonchev–Trinajstić information content (AvgIpc) is 3.07. The number of hydrogen-bond donors (Lipinski definition) is 0. The quantitative estimate of drug-likeness (QED) is 0.573. The van der Waals surface area contributed by atoms with Crippen LogP contribution in [0.4, 0.5) is 0 Å². The number of halogens is 1. The third-order valence-corrected chi connectivity index (χ3v) is 3.89. The van der Waals surface area contributed by atoms with Gasteiger partial charge < -0.3 is 4.52 Å². The van der Waals surface area contributed by atoms with Gasteiger partial charge in [-0.15, -0.1) is 5.10 Å². The molecule has 4 aromatic rings. The molecule has 0 bridgehead atoms. The summed E-state index contributed by atoms with van der Waals surface area (Å²) in [5.74, 6) is 0.520. The molecule has 2 aromatic carbocycles. The molecule has 4 rings (SSSR count). The van der Waals surface area contributed by atoms with Crippen LogP contribution in [0.1, 0.15) is 5.76 Å². The van der Waals surface area contributed by atoms with Gasteiger partial charge in [-0.25, -0.2) is 4.68 Å². The molecule has 2 aromatic heterocycles. The molecular weight excluding hydrogens is 328 g/mol. The summed E-state index contributed by atoms with van der Waals surface area (Å²) in [5, 5.41) is 13.2. The van der Waals surface area contributed by atoms with Crippen molar-refractivity contribution in [2.45, 2.75) is 6.54 Å². The Balaban J connectivity index is 1.66. The third-order valence-electron chi connectivity index (χ3n) is 3.63. The van der Waals surface area contributed by atoms with E-state index in [0.717, 1.165) is 5.56 Å². The van der Waals surface area contributed by atoms with Crippen molar-refractivity contribution in [1.82, 2.24) is 20.2 Å². The Bertz CT molecular complexity index is 1070. The van der Waals surface area contributed by atoms with E-state index >= 15 is 0 Å². The molecular formula is C17H11ClN4O2. The molecule has 0 fully saturated rings. The Labute approximate surface area is 141 Å². The van der Waals surface area contributed by atoms with E-state index in [1.54, 1.807) is 36.4 Å². The first kappa shape index (κ1) is 14.6. The molecule has 24 heavy (non-hydrogen) atoms. The van der Waals surface area contributed by atoms with Crippen LogP contribution in [0.3, 0.4) is 0 Å². The van der Waals surface area contributed by atoms with Crippen molar-refractivity contribution in [3.63, 3.8) is 0 Å². The lowest BCUT2D eigenvalue weighted by Crippen LogP contribution is -2.24. The number of fused-ring (bicyclic) bond motifs is 1. The Morgan fingerprint density at radius 3 is 2.71 bits per heavy atom. The summed E-state index contributed by atoms with van der Waals surface area (Å²) in [6.07, 6.45) is 0. The highest BCUT2D eigenvalue weighted by Gasteiger charge is 2.10. The Morgan fingerprint density at radius 2 is 1.88 bits per heavy atom. The van der Waals surface area contributed by atoms with Crippen LogP contribution in [0.2, 0.25) is 5.02 Å². The minimum atomic E-state index is -0.218. The number of hydrogen-bond acceptors (Lipinski definition) is 5. The smallest absolute Gasteiger partial charge is 0.278 e. The lowest BCUT2D eigenvalue weighted by Gasteiger charge is -2.01. The van der Waals surface area contributed by atoms with Crippen LogP contribution >= 0.6 is 11.6 Å². The number of nitrogens with zero attached hydrogens (tertiary/aromatic N) is 4. The highest BCUT2D eigenvalue weighted by atomic mass is 35.5. The lowest BCUT2D eigenvalue weighted by atomic mass is 10.1. The molecule has 0 saturated heterocycles. The van der Waals surface area contributed by atoms with Crippen LogP contribution in [0.5, 0.6) is 0 Å². The highest BCUT2D eigenvalue weighted by Crippen LogP contribution is 2.21. The molecule has 0 radical (unpaired) electrons. The predicted molar refractivity (Wildman–Crippen MR) is 89.8 cm³/mol. The monoisotopic (exact) mass is 338 g/mol. The summed E-state index contributed by atoms with van der Waals surface area (Å²) in [4.78, 5) is 12.4. The summed E-state index contributed by atoms with van der Waals surface area (Å²) >= 11 is 5.88. The molecule has 7 heteroatoms. The van der Waals surface area contributed by atoms with Gasteiger partial charge >= 0.3 is 0 Å². The number of benzene rings is 2. The molecule has 0 N–H and O–H groups in total. The zero-order chi connectivity index (χ0) is 16.5. The molecule has 0 spiro atoms. The lowest BCUT2D eigenvalue weighted by molar-refractivity contribution is 0.368. The second-order valence-corrected chi connectivity index (χ2v) is 5.69. The van der Waals surface area contributed by atoms with E-state index in [1.165, 1.54) is 4.68 Å². The molecule has 0 aliphatic carbocycles. The van der Waals surface area contributed by atoms with Gasteiger partial charge in [-0.1, -0.05) is 46.2 Å². The van der Waals surface area contributed by atoms with Gasteiger partial charge in [0.1, 0.15) is 17.8 Å². The normalized spacial score (nSPS) is 11.0. The Morgan fingerprint density at radius 1 is 1.08 bits per heavy atom. The predicted octanol–water partition coefficient (Wildman–Crippen LogP) is 3.15. The molecule has 118 valence electrons. The van der Waals surface area contributed by atoms with Crippen LogP contribution in [-0.2, 0) is 6.54 Å². The van der Waals surface area contributed by atoms with E-state index < -0.39 is 0 Å². The maximum Gasteiger partial charge on any atom is 0.278 e. The van der Waals surface area contributed by atoms with Crippen LogP contribution in [0.15, 0.2) is 63.9 Å². The minimum absolute atomic E-state index is 0.164. The van der Waals surface area contributed by atoms with Crippen LogP contribution in [0, 0.1) is 0 Å². The second kappa shape index (κ2) is 5.90. The maximum absolute atomic E-state index is 12.4. The standard InChI is InChI=1S/C17H11ClN4O2/c18-12-7-5-11(6-8-12)16-9-13(24-20-16)10-22-17(23)14-3-1-2-4-15(14)19-21-22/h1-9H,10H2. The first-order valence-corrected chi connectivity index (χ1v) is 7.62. The number of aromatic nitrogens is 4. The molecule has 0 aliphatic rings. The zero-order valence-electron chi connectivity index (χ0n) is 12.4. The SMILES string of the molecule is O=c1c2ccccc2nnn1Cc1cc(-c2ccc(Cl)cc2)no1.